The maximum atomic E-state index is 13.5. The van der Waals surface area contributed by atoms with Crippen LogP contribution in [0.15, 0.2) is 18.2 Å². The van der Waals surface area contributed by atoms with Crippen molar-refractivity contribution >= 4 is 5.91 Å². The molecule has 3 rings (SSSR count). The maximum absolute atomic E-state index is 13.5. The molecular weight excluding hydrogens is 318 g/mol. The van der Waals surface area contributed by atoms with Crippen LogP contribution in [0.4, 0.5) is 8.78 Å². The van der Waals surface area contributed by atoms with Crippen molar-refractivity contribution in [3.63, 3.8) is 0 Å². The van der Waals surface area contributed by atoms with E-state index in [1.54, 1.807) is 4.90 Å². The average Bonchev–Trinajstić information content (AvgIpc) is 2.97. The number of benzene rings is 1. The van der Waals surface area contributed by atoms with Crippen LogP contribution in [-0.4, -0.2) is 66.3 Å². The number of ether oxygens (including phenoxy) is 1. The molecule has 2 heterocycles. The van der Waals surface area contributed by atoms with Crippen molar-refractivity contribution in [1.29, 1.82) is 0 Å². The smallest absolute Gasteiger partial charge is 0.224 e. The summed E-state index contributed by atoms with van der Waals surface area (Å²) in [6.45, 7) is 3.25. The minimum Gasteiger partial charge on any atom is -0.392 e. The van der Waals surface area contributed by atoms with Crippen molar-refractivity contribution in [2.75, 3.05) is 39.4 Å². The highest BCUT2D eigenvalue weighted by Crippen LogP contribution is 2.32. The Morgan fingerprint density at radius 1 is 1.25 bits per heavy atom. The lowest BCUT2D eigenvalue weighted by atomic mass is 10.0. The Morgan fingerprint density at radius 2 is 2.00 bits per heavy atom. The van der Waals surface area contributed by atoms with Gasteiger partial charge in [-0.3, -0.25) is 9.69 Å². The number of amides is 1. The summed E-state index contributed by atoms with van der Waals surface area (Å²) in [6.07, 6.45) is 0.269. The monoisotopic (exact) mass is 340 g/mol. The van der Waals surface area contributed by atoms with Crippen LogP contribution in [0.3, 0.4) is 0 Å². The molecule has 2 aliphatic heterocycles. The van der Waals surface area contributed by atoms with Crippen LogP contribution in [0.5, 0.6) is 0 Å². The zero-order chi connectivity index (χ0) is 17.1. The first-order chi connectivity index (χ1) is 11.5. The van der Waals surface area contributed by atoms with Crippen LogP contribution in [0.2, 0.25) is 0 Å². The summed E-state index contributed by atoms with van der Waals surface area (Å²) >= 11 is 0. The lowest BCUT2D eigenvalue weighted by Crippen LogP contribution is -2.42. The zero-order valence-corrected chi connectivity index (χ0v) is 13.5. The SMILES string of the molecule is O=C(CCN1CC(O)CC1c1ccc(F)c(F)c1)N1CCOCC1. The molecule has 2 saturated heterocycles. The molecule has 7 heteroatoms. The minimum atomic E-state index is -0.891. The van der Waals surface area contributed by atoms with Crippen molar-refractivity contribution < 1.29 is 23.4 Å². The highest BCUT2D eigenvalue weighted by molar-refractivity contribution is 5.76. The summed E-state index contributed by atoms with van der Waals surface area (Å²) < 4.78 is 31.8. The molecule has 0 spiro atoms. The second-order valence-electron chi connectivity index (χ2n) is 6.32. The van der Waals surface area contributed by atoms with Gasteiger partial charge in [0.1, 0.15) is 0 Å². The van der Waals surface area contributed by atoms with Gasteiger partial charge in [0.15, 0.2) is 11.6 Å². The molecule has 2 unspecified atom stereocenters. The van der Waals surface area contributed by atoms with E-state index in [1.807, 2.05) is 4.90 Å². The van der Waals surface area contributed by atoms with Gasteiger partial charge in [0.25, 0.3) is 0 Å². The average molecular weight is 340 g/mol. The molecule has 0 bridgehead atoms. The number of nitrogens with zero attached hydrogens (tertiary/aromatic N) is 2. The van der Waals surface area contributed by atoms with Crippen LogP contribution in [0.25, 0.3) is 0 Å². The summed E-state index contributed by atoms with van der Waals surface area (Å²) in [6, 6.07) is 3.62. The number of hydrogen-bond acceptors (Lipinski definition) is 4. The van der Waals surface area contributed by atoms with Crippen LogP contribution in [-0.2, 0) is 9.53 Å². The van der Waals surface area contributed by atoms with Gasteiger partial charge in [0, 0.05) is 38.6 Å². The number of β-amino-alcohol motifs (C(OH)–C–C–N with tert-alkyl or cyclic N) is 1. The number of rotatable bonds is 4. The van der Waals surface area contributed by atoms with Crippen LogP contribution >= 0.6 is 0 Å². The van der Waals surface area contributed by atoms with Crippen LogP contribution in [0.1, 0.15) is 24.4 Å². The Kier molecular flexibility index (Phi) is 5.43. The number of morpholine rings is 1. The zero-order valence-electron chi connectivity index (χ0n) is 13.5. The fourth-order valence-corrected chi connectivity index (χ4v) is 3.40. The molecule has 1 aromatic carbocycles. The molecule has 1 N–H and O–H groups in total. The number of carbonyl (C=O) groups is 1. The summed E-state index contributed by atoms with van der Waals surface area (Å²) in [5, 5.41) is 9.95. The van der Waals surface area contributed by atoms with Gasteiger partial charge < -0.3 is 14.7 Å². The van der Waals surface area contributed by atoms with Gasteiger partial charge in [0.05, 0.1) is 19.3 Å². The fourth-order valence-electron chi connectivity index (χ4n) is 3.40. The van der Waals surface area contributed by atoms with Crippen molar-refractivity contribution in [2.24, 2.45) is 0 Å². The van der Waals surface area contributed by atoms with Gasteiger partial charge in [-0.1, -0.05) is 6.07 Å². The topological polar surface area (TPSA) is 53.0 Å². The van der Waals surface area contributed by atoms with Crippen molar-refractivity contribution in [3.8, 4) is 0 Å². The Morgan fingerprint density at radius 3 is 2.71 bits per heavy atom. The number of halogens is 2. The fraction of sp³-hybridized carbons (Fsp3) is 0.588. The van der Waals surface area contributed by atoms with E-state index in [0.29, 0.717) is 57.8 Å². The third-order valence-electron chi connectivity index (χ3n) is 4.69. The van der Waals surface area contributed by atoms with Crippen molar-refractivity contribution in [3.05, 3.63) is 35.4 Å². The molecule has 0 saturated carbocycles. The van der Waals surface area contributed by atoms with E-state index >= 15 is 0 Å². The molecule has 1 aromatic rings. The van der Waals surface area contributed by atoms with Crippen molar-refractivity contribution in [2.45, 2.75) is 25.0 Å². The number of aliphatic hydroxyl groups excluding tert-OH is 1. The summed E-state index contributed by atoms with van der Waals surface area (Å²) in [5.41, 5.74) is 0.629. The molecule has 2 aliphatic rings. The predicted octanol–water partition coefficient (Wildman–Crippen LogP) is 1.32. The number of hydrogen-bond donors (Lipinski definition) is 1. The highest BCUT2D eigenvalue weighted by Gasteiger charge is 2.33. The summed E-state index contributed by atoms with van der Waals surface area (Å²) in [7, 11) is 0. The molecule has 0 aromatic heterocycles. The standard InChI is InChI=1S/C17H22F2N2O3/c18-14-2-1-12(9-15(14)19)16-10-13(22)11-21(16)4-3-17(23)20-5-7-24-8-6-20/h1-2,9,13,16,22H,3-8,10-11H2. The largest absolute Gasteiger partial charge is 0.392 e. The molecule has 5 nitrogen and oxygen atoms in total. The van der Waals surface area contributed by atoms with E-state index in [2.05, 4.69) is 0 Å². The molecule has 2 atom stereocenters. The molecule has 0 aliphatic carbocycles. The highest BCUT2D eigenvalue weighted by atomic mass is 19.2. The number of likely N-dealkylation sites (tertiary alicyclic amines) is 1. The normalized spacial score (nSPS) is 25.2. The molecule has 1 amide bonds. The van der Waals surface area contributed by atoms with E-state index in [0.717, 1.165) is 6.07 Å². The summed E-state index contributed by atoms with van der Waals surface area (Å²) in [5.74, 6) is -1.71. The lowest BCUT2D eigenvalue weighted by molar-refractivity contribution is -0.135. The molecule has 132 valence electrons. The third-order valence-corrected chi connectivity index (χ3v) is 4.69. The molecular formula is C17H22F2N2O3. The van der Waals surface area contributed by atoms with Crippen LogP contribution < -0.4 is 0 Å². The quantitative estimate of drug-likeness (QED) is 0.898. The predicted molar refractivity (Wildman–Crippen MR) is 83.3 cm³/mol. The van der Waals surface area contributed by atoms with E-state index in [-0.39, 0.29) is 11.9 Å². The van der Waals surface area contributed by atoms with Gasteiger partial charge in [-0.2, -0.15) is 0 Å². The first-order valence-electron chi connectivity index (χ1n) is 8.27. The first kappa shape index (κ1) is 17.3. The van der Waals surface area contributed by atoms with Gasteiger partial charge in [-0.25, -0.2) is 8.78 Å². The Labute approximate surface area is 139 Å². The Balaban J connectivity index is 1.62. The minimum absolute atomic E-state index is 0.0590. The second-order valence-corrected chi connectivity index (χ2v) is 6.32. The Bertz CT molecular complexity index is 593. The third kappa shape index (κ3) is 3.91. The van der Waals surface area contributed by atoms with Gasteiger partial charge in [-0.15, -0.1) is 0 Å². The van der Waals surface area contributed by atoms with E-state index in [1.165, 1.54) is 12.1 Å². The van der Waals surface area contributed by atoms with Gasteiger partial charge in [0.2, 0.25) is 5.91 Å². The Hall–Kier alpha value is -1.57. The van der Waals surface area contributed by atoms with E-state index in [4.69, 9.17) is 4.74 Å². The van der Waals surface area contributed by atoms with Crippen LogP contribution in [0, 0.1) is 11.6 Å². The van der Waals surface area contributed by atoms with Gasteiger partial charge in [-0.05, 0) is 24.1 Å². The second kappa shape index (κ2) is 7.55. The van der Waals surface area contributed by atoms with Gasteiger partial charge >= 0.3 is 0 Å². The first-order valence-corrected chi connectivity index (χ1v) is 8.27. The van der Waals surface area contributed by atoms with E-state index in [9.17, 15) is 18.7 Å². The number of carbonyl (C=O) groups excluding carboxylic acids is 1. The van der Waals surface area contributed by atoms with E-state index < -0.39 is 17.7 Å². The summed E-state index contributed by atoms with van der Waals surface area (Å²) in [4.78, 5) is 16.0. The number of aliphatic hydroxyl groups is 1. The molecule has 0 radical (unpaired) electrons. The maximum Gasteiger partial charge on any atom is 0.224 e. The van der Waals surface area contributed by atoms with Crippen molar-refractivity contribution in [1.82, 2.24) is 9.80 Å². The lowest BCUT2D eigenvalue weighted by Gasteiger charge is -2.29. The molecule has 24 heavy (non-hydrogen) atoms. The molecule has 2 fully saturated rings.